The molecule has 0 fully saturated rings. The van der Waals surface area contributed by atoms with E-state index in [1.165, 1.54) is 7.11 Å². The fraction of sp³-hybridized carbons (Fsp3) is 0.650. The second-order valence-corrected chi connectivity index (χ2v) is 6.89. The average molecular weight is 380 g/mol. The van der Waals surface area contributed by atoms with Crippen LogP contribution in [0.25, 0.3) is 0 Å². The van der Waals surface area contributed by atoms with Crippen LogP contribution in [0.4, 0.5) is 0 Å². The van der Waals surface area contributed by atoms with E-state index in [0.717, 1.165) is 0 Å². The molecule has 0 radical (unpaired) electrons. The Morgan fingerprint density at radius 1 is 1.15 bits per heavy atom. The van der Waals surface area contributed by atoms with E-state index in [0.29, 0.717) is 43.0 Å². The lowest BCUT2D eigenvalue weighted by molar-refractivity contribution is -0.135. The highest BCUT2D eigenvalue weighted by Crippen LogP contribution is 2.22. The summed E-state index contributed by atoms with van der Waals surface area (Å²) >= 11 is 0. The summed E-state index contributed by atoms with van der Waals surface area (Å²) in [6.07, 6.45) is 0.655. The zero-order valence-electron chi connectivity index (χ0n) is 17.5. The SMILES string of the molecule is CCOCCCN(C(=O)C(C)C)[C@H](C)C(=O)c1c(C)[nH]c(C(=O)OC)c1C. The van der Waals surface area contributed by atoms with Crippen LogP contribution in [0.1, 0.15) is 66.2 Å². The lowest BCUT2D eigenvalue weighted by atomic mass is 9.98. The fourth-order valence-electron chi connectivity index (χ4n) is 3.08. The van der Waals surface area contributed by atoms with Crippen molar-refractivity contribution in [3.8, 4) is 0 Å². The Bertz CT molecular complexity index is 678. The summed E-state index contributed by atoms with van der Waals surface area (Å²) in [5, 5.41) is 0. The highest BCUT2D eigenvalue weighted by Gasteiger charge is 2.31. The van der Waals surface area contributed by atoms with Crippen LogP contribution in [0.5, 0.6) is 0 Å². The molecule has 0 spiro atoms. The number of aromatic amines is 1. The molecule has 152 valence electrons. The number of ketones is 1. The van der Waals surface area contributed by atoms with E-state index in [9.17, 15) is 14.4 Å². The van der Waals surface area contributed by atoms with E-state index < -0.39 is 12.0 Å². The first kappa shape index (κ1) is 22.9. The van der Waals surface area contributed by atoms with Gasteiger partial charge in [0.25, 0.3) is 0 Å². The molecule has 1 aromatic rings. The van der Waals surface area contributed by atoms with Gasteiger partial charge in [-0.15, -0.1) is 0 Å². The number of carbonyl (C=O) groups is 3. The lowest BCUT2D eigenvalue weighted by Crippen LogP contribution is -2.46. The number of methoxy groups -OCH3 is 1. The molecule has 1 rings (SSSR count). The predicted molar refractivity (Wildman–Crippen MR) is 103 cm³/mol. The number of aromatic nitrogens is 1. The number of Topliss-reactive ketones (excluding diaryl/α,β-unsaturated/α-hetero) is 1. The maximum Gasteiger partial charge on any atom is 0.354 e. The van der Waals surface area contributed by atoms with Crippen molar-refractivity contribution in [2.75, 3.05) is 26.9 Å². The Hall–Kier alpha value is -2.15. The maximum atomic E-state index is 13.2. The van der Waals surface area contributed by atoms with Crippen molar-refractivity contribution < 1.29 is 23.9 Å². The van der Waals surface area contributed by atoms with Gasteiger partial charge >= 0.3 is 5.97 Å². The molecule has 1 N–H and O–H groups in total. The largest absolute Gasteiger partial charge is 0.464 e. The third-order valence-electron chi connectivity index (χ3n) is 4.59. The summed E-state index contributed by atoms with van der Waals surface area (Å²) in [4.78, 5) is 42.3. The highest BCUT2D eigenvalue weighted by atomic mass is 16.5. The molecule has 1 amide bonds. The van der Waals surface area contributed by atoms with Gasteiger partial charge in [0.1, 0.15) is 5.69 Å². The predicted octanol–water partition coefficient (Wildman–Crippen LogP) is 2.90. The number of aryl methyl sites for hydroxylation is 1. The molecule has 7 heteroatoms. The number of rotatable bonds is 10. The zero-order chi connectivity index (χ0) is 20.7. The van der Waals surface area contributed by atoms with Gasteiger partial charge < -0.3 is 19.4 Å². The maximum absolute atomic E-state index is 13.2. The van der Waals surface area contributed by atoms with Crippen molar-refractivity contribution in [1.82, 2.24) is 9.88 Å². The molecule has 0 bridgehead atoms. The number of carbonyl (C=O) groups excluding carboxylic acids is 3. The van der Waals surface area contributed by atoms with Gasteiger partial charge in [0, 0.05) is 36.9 Å². The van der Waals surface area contributed by atoms with Crippen molar-refractivity contribution in [1.29, 1.82) is 0 Å². The van der Waals surface area contributed by atoms with Crippen LogP contribution in [-0.4, -0.2) is 60.5 Å². The van der Waals surface area contributed by atoms with Crippen LogP contribution in [-0.2, 0) is 14.3 Å². The summed E-state index contributed by atoms with van der Waals surface area (Å²) in [6.45, 7) is 12.3. The first-order valence-electron chi connectivity index (χ1n) is 9.37. The first-order valence-corrected chi connectivity index (χ1v) is 9.37. The van der Waals surface area contributed by atoms with Crippen LogP contribution in [0, 0.1) is 19.8 Å². The third-order valence-corrected chi connectivity index (χ3v) is 4.59. The molecule has 1 heterocycles. The van der Waals surface area contributed by atoms with Gasteiger partial charge in [-0.1, -0.05) is 13.8 Å². The highest BCUT2D eigenvalue weighted by molar-refractivity contribution is 6.06. The average Bonchev–Trinajstić information content (AvgIpc) is 2.93. The van der Waals surface area contributed by atoms with Gasteiger partial charge in [0.05, 0.1) is 13.2 Å². The lowest BCUT2D eigenvalue weighted by Gasteiger charge is -2.30. The minimum absolute atomic E-state index is 0.0774. The zero-order valence-corrected chi connectivity index (χ0v) is 17.5. The van der Waals surface area contributed by atoms with Crippen LogP contribution >= 0.6 is 0 Å². The minimum atomic E-state index is -0.639. The fourth-order valence-corrected chi connectivity index (χ4v) is 3.08. The molecule has 27 heavy (non-hydrogen) atoms. The van der Waals surface area contributed by atoms with E-state index in [2.05, 4.69) is 4.98 Å². The molecule has 0 saturated carbocycles. The second kappa shape index (κ2) is 10.3. The van der Waals surface area contributed by atoms with Gasteiger partial charge in [-0.2, -0.15) is 0 Å². The quantitative estimate of drug-likeness (QED) is 0.383. The standard InChI is InChI=1S/C20H32N2O5/c1-8-27-11-9-10-22(19(24)12(2)3)15(6)18(23)16-13(4)17(20(25)26-7)21-14(16)5/h12,15,21H,8-11H2,1-7H3/t15-/m1/s1. The Labute approximate surface area is 161 Å². The second-order valence-electron chi connectivity index (χ2n) is 6.89. The molecule has 7 nitrogen and oxygen atoms in total. The van der Waals surface area contributed by atoms with E-state index in [-0.39, 0.29) is 23.3 Å². The molecule has 1 atom stereocenters. The van der Waals surface area contributed by atoms with Crippen LogP contribution < -0.4 is 0 Å². The van der Waals surface area contributed by atoms with E-state index in [1.54, 1.807) is 25.7 Å². The van der Waals surface area contributed by atoms with Crippen molar-refractivity contribution in [2.24, 2.45) is 5.92 Å². The normalized spacial score (nSPS) is 12.1. The number of H-pyrrole nitrogens is 1. The molecule has 0 unspecified atom stereocenters. The Morgan fingerprint density at radius 3 is 2.30 bits per heavy atom. The van der Waals surface area contributed by atoms with E-state index >= 15 is 0 Å². The van der Waals surface area contributed by atoms with Gasteiger partial charge in [-0.3, -0.25) is 9.59 Å². The van der Waals surface area contributed by atoms with E-state index in [4.69, 9.17) is 9.47 Å². The Morgan fingerprint density at radius 2 is 1.78 bits per heavy atom. The van der Waals surface area contributed by atoms with Gasteiger partial charge in [-0.25, -0.2) is 4.79 Å². The van der Waals surface area contributed by atoms with Crippen molar-refractivity contribution in [3.63, 3.8) is 0 Å². The molecule has 0 aliphatic heterocycles. The van der Waals surface area contributed by atoms with Crippen LogP contribution in [0.15, 0.2) is 0 Å². The molecule has 0 saturated heterocycles. The molecule has 0 aliphatic carbocycles. The number of hydrogen-bond donors (Lipinski definition) is 1. The molecular weight excluding hydrogens is 348 g/mol. The van der Waals surface area contributed by atoms with Crippen molar-refractivity contribution >= 4 is 17.7 Å². The monoisotopic (exact) mass is 380 g/mol. The third kappa shape index (κ3) is 5.42. The van der Waals surface area contributed by atoms with Crippen molar-refractivity contribution in [2.45, 2.75) is 54.0 Å². The molecule has 1 aromatic heterocycles. The van der Waals surface area contributed by atoms with E-state index in [1.807, 2.05) is 20.8 Å². The molecule has 0 aliphatic rings. The Balaban J connectivity index is 3.12. The summed E-state index contributed by atoms with van der Waals surface area (Å²) in [6, 6.07) is -0.639. The number of hydrogen-bond acceptors (Lipinski definition) is 5. The summed E-state index contributed by atoms with van der Waals surface area (Å²) < 4.78 is 10.1. The minimum Gasteiger partial charge on any atom is -0.464 e. The first-order chi connectivity index (χ1) is 12.7. The summed E-state index contributed by atoms with van der Waals surface area (Å²) in [5.74, 6) is -1.01. The summed E-state index contributed by atoms with van der Waals surface area (Å²) in [5.41, 5.74) is 1.84. The molecule has 0 aromatic carbocycles. The van der Waals surface area contributed by atoms with Crippen LogP contribution in [0.3, 0.4) is 0 Å². The van der Waals surface area contributed by atoms with Gasteiger partial charge in [-0.05, 0) is 39.7 Å². The number of ether oxygens (including phenoxy) is 2. The van der Waals surface area contributed by atoms with Gasteiger partial charge in [0.2, 0.25) is 5.91 Å². The summed E-state index contributed by atoms with van der Waals surface area (Å²) in [7, 11) is 1.30. The molecular formula is C20H32N2O5. The number of nitrogens with zero attached hydrogens (tertiary/aromatic N) is 1. The van der Waals surface area contributed by atoms with Gasteiger partial charge in [0.15, 0.2) is 5.78 Å². The number of nitrogens with one attached hydrogen (secondary N) is 1. The number of esters is 1. The topological polar surface area (TPSA) is 88.7 Å². The Kier molecular flexibility index (Phi) is 8.69. The number of amides is 1. The smallest absolute Gasteiger partial charge is 0.354 e. The van der Waals surface area contributed by atoms with Crippen molar-refractivity contribution in [3.05, 3.63) is 22.5 Å². The van der Waals surface area contributed by atoms with Crippen LogP contribution in [0.2, 0.25) is 0 Å².